The zero-order valence-corrected chi connectivity index (χ0v) is 11.1. The van der Waals surface area contributed by atoms with E-state index in [1.165, 1.54) is 0 Å². The third-order valence-corrected chi connectivity index (χ3v) is 2.78. The highest BCUT2D eigenvalue weighted by Crippen LogP contribution is 2.26. The van der Waals surface area contributed by atoms with Crippen LogP contribution in [0.15, 0.2) is 0 Å². The summed E-state index contributed by atoms with van der Waals surface area (Å²) in [5.74, 6) is 1.08. The minimum absolute atomic E-state index is 0.0581. The van der Waals surface area contributed by atoms with Gasteiger partial charge in [-0.25, -0.2) is 4.98 Å². The van der Waals surface area contributed by atoms with Crippen LogP contribution in [0, 0.1) is 23.0 Å². The predicted octanol–water partition coefficient (Wildman–Crippen LogP) is 2.19. The van der Waals surface area contributed by atoms with Crippen molar-refractivity contribution in [1.82, 2.24) is 9.97 Å². The third kappa shape index (κ3) is 3.28. The zero-order chi connectivity index (χ0) is 13.7. The number of hydrogen-bond acceptors (Lipinski definition) is 6. The van der Waals surface area contributed by atoms with Crippen LogP contribution in [-0.2, 0) is 0 Å². The lowest BCUT2D eigenvalue weighted by atomic mass is 10.1. The molecule has 1 aromatic heterocycles. The molecule has 0 aliphatic carbocycles. The SMILES string of the molecule is CCC(C)CNc1nc(NC)nc(C)c1[N+](=O)[O-]. The van der Waals surface area contributed by atoms with Crippen LogP contribution < -0.4 is 10.6 Å². The van der Waals surface area contributed by atoms with Gasteiger partial charge in [-0.05, 0) is 12.8 Å². The normalized spacial score (nSPS) is 12.0. The second-order valence-electron chi connectivity index (χ2n) is 4.23. The van der Waals surface area contributed by atoms with Crippen molar-refractivity contribution in [3.8, 4) is 0 Å². The molecule has 0 aliphatic rings. The molecule has 0 aromatic carbocycles. The van der Waals surface area contributed by atoms with Gasteiger partial charge in [0.15, 0.2) is 0 Å². The summed E-state index contributed by atoms with van der Waals surface area (Å²) in [6.07, 6.45) is 1.00. The first-order valence-corrected chi connectivity index (χ1v) is 5.94. The Kier molecular flexibility index (Phi) is 4.82. The first-order chi connectivity index (χ1) is 8.49. The Hall–Kier alpha value is -1.92. The van der Waals surface area contributed by atoms with E-state index >= 15 is 0 Å². The summed E-state index contributed by atoms with van der Waals surface area (Å²) in [5, 5.41) is 16.8. The molecule has 1 unspecified atom stereocenters. The third-order valence-electron chi connectivity index (χ3n) is 2.78. The molecule has 0 saturated carbocycles. The van der Waals surface area contributed by atoms with Crippen LogP contribution in [0.5, 0.6) is 0 Å². The summed E-state index contributed by atoms with van der Waals surface area (Å²) in [4.78, 5) is 18.7. The van der Waals surface area contributed by atoms with Crippen molar-refractivity contribution in [2.45, 2.75) is 27.2 Å². The van der Waals surface area contributed by atoms with Crippen molar-refractivity contribution < 1.29 is 4.92 Å². The molecule has 100 valence electrons. The fourth-order valence-corrected chi connectivity index (χ4v) is 1.44. The van der Waals surface area contributed by atoms with Crippen LogP contribution >= 0.6 is 0 Å². The van der Waals surface area contributed by atoms with E-state index in [0.29, 0.717) is 24.1 Å². The molecule has 7 nitrogen and oxygen atoms in total. The highest BCUT2D eigenvalue weighted by atomic mass is 16.6. The fraction of sp³-hybridized carbons (Fsp3) is 0.636. The summed E-state index contributed by atoms with van der Waals surface area (Å²) in [6.45, 7) is 6.41. The maximum atomic E-state index is 11.0. The predicted molar refractivity (Wildman–Crippen MR) is 70.9 cm³/mol. The van der Waals surface area contributed by atoms with Gasteiger partial charge in [-0.2, -0.15) is 4.98 Å². The summed E-state index contributed by atoms with van der Waals surface area (Å²) in [6, 6.07) is 0. The van der Waals surface area contributed by atoms with Crippen LogP contribution in [0.4, 0.5) is 17.5 Å². The molecule has 0 fully saturated rings. The van der Waals surface area contributed by atoms with E-state index in [0.717, 1.165) is 6.42 Å². The van der Waals surface area contributed by atoms with Gasteiger partial charge in [0.1, 0.15) is 5.69 Å². The first kappa shape index (κ1) is 14.1. The van der Waals surface area contributed by atoms with E-state index in [2.05, 4.69) is 34.4 Å². The van der Waals surface area contributed by atoms with Crippen LogP contribution in [0.3, 0.4) is 0 Å². The summed E-state index contributed by atoms with van der Waals surface area (Å²) in [7, 11) is 1.68. The molecule has 0 bridgehead atoms. The van der Waals surface area contributed by atoms with E-state index < -0.39 is 4.92 Å². The molecular formula is C11H19N5O2. The van der Waals surface area contributed by atoms with Gasteiger partial charge < -0.3 is 10.6 Å². The van der Waals surface area contributed by atoms with Crippen LogP contribution in [0.1, 0.15) is 26.0 Å². The van der Waals surface area contributed by atoms with Crippen molar-refractivity contribution in [3.05, 3.63) is 15.8 Å². The van der Waals surface area contributed by atoms with E-state index in [4.69, 9.17) is 0 Å². The minimum atomic E-state index is -0.451. The van der Waals surface area contributed by atoms with Crippen molar-refractivity contribution in [2.75, 3.05) is 24.2 Å². The van der Waals surface area contributed by atoms with Crippen molar-refractivity contribution in [2.24, 2.45) is 5.92 Å². The Bertz CT molecular complexity index is 436. The maximum Gasteiger partial charge on any atom is 0.332 e. The molecule has 0 spiro atoms. The second kappa shape index (κ2) is 6.13. The summed E-state index contributed by atoms with van der Waals surface area (Å²) >= 11 is 0. The molecule has 1 heterocycles. The maximum absolute atomic E-state index is 11.0. The Morgan fingerprint density at radius 1 is 1.44 bits per heavy atom. The molecule has 1 rings (SSSR count). The quantitative estimate of drug-likeness (QED) is 0.596. The van der Waals surface area contributed by atoms with Gasteiger partial charge in [0.2, 0.25) is 11.8 Å². The standard InChI is InChI=1S/C11H19N5O2/c1-5-7(2)6-13-10-9(16(17)18)8(3)14-11(12-4)15-10/h7H,5-6H2,1-4H3,(H2,12,13,14,15). The lowest BCUT2D eigenvalue weighted by Crippen LogP contribution is -2.14. The number of aromatic nitrogens is 2. The molecule has 0 amide bonds. The van der Waals surface area contributed by atoms with Gasteiger partial charge in [0, 0.05) is 13.6 Å². The lowest BCUT2D eigenvalue weighted by molar-refractivity contribution is -0.385. The van der Waals surface area contributed by atoms with Gasteiger partial charge in [0.25, 0.3) is 0 Å². The van der Waals surface area contributed by atoms with Crippen LogP contribution in [-0.4, -0.2) is 28.5 Å². The monoisotopic (exact) mass is 253 g/mol. The van der Waals surface area contributed by atoms with E-state index in [9.17, 15) is 10.1 Å². The Labute approximate surface area is 106 Å². The van der Waals surface area contributed by atoms with Crippen LogP contribution in [0.25, 0.3) is 0 Å². The molecule has 1 aromatic rings. The molecule has 7 heteroatoms. The topological polar surface area (TPSA) is 93.0 Å². The minimum Gasteiger partial charge on any atom is -0.364 e. The highest BCUT2D eigenvalue weighted by Gasteiger charge is 2.21. The second-order valence-corrected chi connectivity index (χ2v) is 4.23. The number of aryl methyl sites for hydroxylation is 1. The number of rotatable bonds is 6. The van der Waals surface area contributed by atoms with Crippen molar-refractivity contribution in [3.63, 3.8) is 0 Å². The molecular weight excluding hydrogens is 234 g/mol. The number of nitro groups is 1. The van der Waals surface area contributed by atoms with Gasteiger partial charge in [-0.1, -0.05) is 20.3 Å². The van der Waals surface area contributed by atoms with E-state index in [-0.39, 0.29) is 11.5 Å². The lowest BCUT2D eigenvalue weighted by Gasteiger charge is -2.12. The van der Waals surface area contributed by atoms with Gasteiger partial charge >= 0.3 is 5.69 Å². The van der Waals surface area contributed by atoms with Crippen molar-refractivity contribution in [1.29, 1.82) is 0 Å². The van der Waals surface area contributed by atoms with Gasteiger partial charge in [0.05, 0.1) is 4.92 Å². The molecule has 0 saturated heterocycles. The van der Waals surface area contributed by atoms with Gasteiger partial charge in [-0.15, -0.1) is 0 Å². The average molecular weight is 253 g/mol. The number of anilines is 2. The smallest absolute Gasteiger partial charge is 0.332 e. The number of hydrogen-bond donors (Lipinski definition) is 2. The molecule has 1 atom stereocenters. The van der Waals surface area contributed by atoms with E-state index in [1.54, 1.807) is 14.0 Å². The fourth-order valence-electron chi connectivity index (χ4n) is 1.44. The Morgan fingerprint density at radius 2 is 2.11 bits per heavy atom. The van der Waals surface area contributed by atoms with Gasteiger partial charge in [-0.3, -0.25) is 10.1 Å². The Balaban J connectivity index is 3.05. The average Bonchev–Trinajstić information content (AvgIpc) is 2.34. The molecule has 0 aliphatic heterocycles. The zero-order valence-electron chi connectivity index (χ0n) is 11.1. The number of nitrogens with one attached hydrogen (secondary N) is 2. The summed E-state index contributed by atoms with van der Waals surface area (Å²) < 4.78 is 0. The first-order valence-electron chi connectivity index (χ1n) is 5.94. The molecule has 18 heavy (non-hydrogen) atoms. The highest BCUT2D eigenvalue weighted by molar-refractivity contribution is 5.60. The number of nitrogens with zero attached hydrogens (tertiary/aromatic N) is 3. The largest absolute Gasteiger partial charge is 0.364 e. The molecule has 2 N–H and O–H groups in total. The summed E-state index contributed by atoms with van der Waals surface area (Å²) in [5.41, 5.74) is 0.295. The van der Waals surface area contributed by atoms with Crippen molar-refractivity contribution >= 4 is 17.5 Å². The molecule has 0 radical (unpaired) electrons. The Morgan fingerprint density at radius 3 is 2.61 bits per heavy atom. The van der Waals surface area contributed by atoms with Crippen LogP contribution in [0.2, 0.25) is 0 Å². The van der Waals surface area contributed by atoms with E-state index in [1.807, 2.05) is 0 Å².